The van der Waals surface area contributed by atoms with E-state index in [2.05, 4.69) is 15.5 Å². The molecule has 0 spiro atoms. The number of methoxy groups -OCH3 is 1. The van der Waals surface area contributed by atoms with Gasteiger partial charge in [0.25, 0.3) is 0 Å². The second kappa shape index (κ2) is 5.40. The predicted octanol–water partition coefficient (Wildman–Crippen LogP) is 1.92. The van der Waals surface area contributed by atoms with Gasteiger partial charge in [-0.25, -0.2) is 0 Å². The van der Waals surface area contributed by atoms with Crippen molar-refractivity contribution in [3.8, 4) is 5.75 Å². The minimum atomic E-state index is 0.650. The molecule has 1 aromatic carbocycles. The van der Waals surface area contributed by atoms with Gasteiger partial charge in [0.2, 0.25) is 5.89 Å². The second-order valence-corrected chi connectivity index (χ2v) is 4.78. The molecule has 5 heteroatoms. The molecule has 1 aromatic heterocycles. The van der Waals surface area contributed by atoms with Gasteiger partial charge in [0, 0.05) is 12.5 Å². The summed E-state index contributed by atoms with van der Waals surface area (Å²) < 4.78 is 10.3. The van der Waals surface area contributed by atoms with Crippen LogP contribution in [0.4, 0.5) is 0 Å². The first-order valence-electron chi connectivity index (χ1n) is 6.51. The normalized spacial score (nSPS) is 14.6. The average Bonchev–Trinajstić information content (AvgIpc) is 3.17. The van der Waals surface area contributed by atoms with Crippen molar-refractivity contribution in [3.05, 3.63) is 41.5 Å². The maximum absolute atomic E-state index is 5.21. The van der Waals surface area contributed by atoms with E-state index in [4.69, 9.17) is 9.26 Å². The standard InChI is InChI=1S/C14H17N3O2/c1-18-12-6-2-10(3-7-12)8-13-16-14(19-17-13)9-15-11-4-5-11/h2-3,6-7,11,15H,4-5,8-9H2,1H3. The topological polar surface area (TPSA) is 60.2 Å². The summed E-state index contributed by atoms with van der Waals surface area (Å²) in [7, 11) is 1.66. The SMILES string of the molecule is COc1ccc(Cc2noc(CNC3CC3)n2)cc1. The molecule has 0 saturated heterocycles. The number of rotatable bonds is 6. The molecule has 2 aromatic rings. The maximum atomic E-state index is 5.21. The quantitative estimate of drug-likeness (QED) is 0.858. The lowest BCUT2D eigenvalue weighted by Gasteiger charge is -2.00. The summed E-state index contributed by atoms with van der Waals surface area (Å²) >= 11 is 0. The van der Waals surface area contributed by atoms with Crippen molar-refractivity contribution >= 4 is 0 Å². The Hall–Kier alpha value is -1.88. The molecule has 100 valence electrons. The second-order valence-electron chi connectivity index (χ2n) is 4.78. The molecule has 0 unspecified atom stereocenters. The third kappa shape index (κ3) is 3.32. The summed E-state index contributed by atoms with van der Waals surface area (Å²) in [5, 5.41) is 7.35. The molecule has 1 fully saturated rings. The molecule has 1 aliphatic carbocycles. The van der Waals surface area contributed by atoms with Crippen LogP contribution in [0.3, 0.4) is 0 Å². The van der Waals surface area contributed by atoms with Crippen LogP contribution in [-0.4, -0.2) is 23.3 Å². The zero-order valence-corrected chi connectivity index (χ0v) is 10.9. The van der Waals surface area contributed by atoms with Crippen LogP contribution in [0.5, 0.6) is 5.75 Å². The Morgan fingerprint density at radius 2 is 2.11 bits per heavy atom. The number of benzene rings is 1. The van der Waals surface area contributed by atoms with Gasteiger partial charge in [-0.3, -0.25) is 0 Å². The predicted molar refractivity (Wildman–Crippen MR) is 70.0 cm³/mol. The molecule has 5 nitrogen and oxygen atoms in total. The van der Waals surface area contributed by atoms with Crippen molar-refractivity contribution < 1.29 is 9.26 Å². The largest absolute Gasteiger partial charge is 0.497 e. The van der Waals surface area contributed by atoms with E-state index in [1.54, 1.807) is 7.11 Å². The molecule has 0 bridgehead atoms. The van der Waals surface area contributed by atoms with Gasteiger partial charge in [-0.15, -0.1) is 0 Å². The summed E-state index contributed by atoms with van der Waals surface area (Å²) in [5.74, 6) is 2.24. The summed E-state index contributed by atoms with van der Waals surface area (Å²) in [4.78, 5) is 4.38. The molecular weight excluding hydrogens is 242 g/mol. The molecule has 1 aliphatic rings. The summed E-state index contributed by atoms with van der Waals surface area (Å²) in [5.41, 5.74) is 1.14. The van der Waals surface area contributed by atoms with Gasteiger partial charge < -0.3 is 14.6 Å². The van der Waals surface area contributed by atoms with E-state index in [-0.39, 0.29) is 0 Å². The first-order valence-corrected chi connectivity index (χ1v) is 6.51. The van der Waals surface area contributed by atoms with Gasteiger partial charge in [-0.2, -0.15) is 4.98 Å². The van der Waals surface area contributed by atoms with Crippen LogP contribution in [0.2, 0.25) is 0 Å². The highest BCUT2D eigenvalue weighted by molar-refractivity contribution is 5.28. The van der Waals surface area contributed by atoms with Crippen LogP contribution in [0.15, 0.2) is 28.8 Å². The van der Waals surface area contributed by atoms with Gasteiger partial charge in [0.1, 0.15) is 5.75 Å². The van der Waals surface area contributed by atoms with E-state index in [0.29, 0.717) is 24.9 Å². The number of hydrogen-bond acceptors (Lipinski definition) is 5. The summed E-state index contributed by atoms with van der Waals surface area (Å²) in [6, 6.07) is 8.54. The minimum Gasteiger partial charge on any atom is -0.497 e. The maximum Gasteiger partial charge on any atom is 0.240 e. The molecular formula is C14H17N3O2. The average molecular weight is 259 g/mol. The van der Waals surface area contributed by atoms with Gasteiger partial charge in [0.05, 0.1) is 13.7 Å². The highest BCUT2D eigenvalue weighted by atomic mass is 16.5. The fourth-order valence-electron chi connectivity index (χ4n) is 1.88. The van der Waals surface area contributed by atoms with E-state index in [9.17, 15) is 0 Å². The van der Waals surface area contributed by atoms with Crippen LogP contribution in [0.25, 0.3) is 0 Å². The first-order chi connectivity index (χ1) is 9.33. The first kappa shape index (κ1) is 12.2. The van der Waals surface area contributed by atoms with Crippen molar-refractivity contribution in [2.45, 2.75) is 31.8 Å². The molecule has 19 heavy (non-hydrogen) atoms. The van der Waals surface area contributed by atoms with E-state index >= 15 is 0 Å². The van der Waals surface area contributed by atoms with E-state index in [1.807, 2.05) is 24.3 Å². The molecule has 1 heterocycles. The Morgan fingerprint density at radius 3 is 2.79 bits per heavy atom. The molecule has 1 saturated carbocycles. The smallest absolute Gasteiger partial charge is 0.240 e. The van der Waals surface area contributed by atoms with Crippen LogP contribution in [-0.2, 0) is 13.0 Å². The third-order valence-corrected chi connectivity index (χ3v) is 3.15. The molecule has 0 atom stereocenters. The lowest BCUT2D eigenvalue weighted by atomic mass is 10.1. The zero-order chi connectivity index (χ0) is 13.1. The minimum absolute atomic E-state index is 0.650. The van der Waals surface area contributed by atoms with Gasteiger partial charge in [0.15, 0.2) is 5.82 Å². The Morgan fingerprint density at radius 1 is 1.32 bits per heavy atom. The van der Waals surface area contributed by atoms with Crippen LogP contribution in [0, 0.1) is 0 Å². The third-order valence-electron chi connectivity index (χ3n) is 3.15. The molecule has 0 aliphatic heterocycles. The van der Waals surface area contributed by atoms with E-state index in [0.717, 1.165) is 17.1 Å². The Labute approximate surface area is 112 Å². The van der Waals surface area contributed by atoms with Crippen LogP contribution < -0.4 is 10.1 Å². The monoisotopic (exact) mass is 259 g/mol. The Balaban J connectivity index is 1.58. The highest BCUT2D eigenvalue weighted by Gasteiger charge is 2.21. The number of nitrogens with zero attached hydrogens (tertiary/aromatic N) is 2. The van der Waals surface area contributed by atoms with Gasteiger partial charge in [-0.1, -0.05) is 17.3 Å². The van der Waals surface area contributed by atoms with Crippen molar-refractivity contribution in [3.63, 3.8) is 0 Å². The zero-order valence-electron chi connectivity index (χ0n) is 10.9. The van der Waals surface area contributed by atoms with Crippen molar-refractivity contribution in [2.24, 2.45) is 0 Å². The number of ether oxygens (including phenoxy) is 1. The highest BCUT2D eigenvalue weighted by Crippen LogP contribution is 2.19. The van der Waals surface area contributed by atoms with Crippen molar-refractivity contribution in [2.75, 3.05) is 7.11 Å². The van der Waals surface area contributed by atoms with Crippen molar-refractivity contribution in [1.29, 1.82) is 0 Å². The summed E-state index contributed by atoms with van der Waals surface area (Å²) in [6.45, 7) is 0.667. The molecule has 0 amide bonds. The lowest BCUT2D eigenvalue weighted by Crippen LogP contribution is -2.15. The number of aromatic nitrogens is 2. The summed E-state index contributed by atoms with van der Waals surface area (Å²) in [6.07, 6.45) is 3.19. The molecule has 1 N–H and O–H groups in total. The molecule has 0 radical (unpaired) electrons. The van der Waals surface area contributed by atoms with E-state index < -0.39 is 0 Å². The number of hydrogen-bond donors (Lipinski definition) is 1. The molecule has 3 rings (SSSR count). The van der Waals surface area contributed by atoms with Crippen LogP contribution in [0.1, 0.15) is 30.1 Å². The Bertz CT molecular complexity index is 532. The van der Waals surface area contributed by atoms with Crippen molar-refractivity contribution in [1.82, 2.24) is 15.5 Å². The lowest BCUT2D eigenvalue weighted by molar-refractivity contribution is 0.363. The fourth-order valence-corrected chi connectivity index (χ4v) is 1.88. The van der Waals surface area contributed by atoms with Gasteiger partial charge in [-0.05, 0) is 30.5 Å². The number of nitrogens with one attached hydrogen (secondary N) is 1. The van der Waals surface area contributed by atoms with Gasteiger partial charge >= 0.3 is 0 Å². The van der Waals surface area contributed by atoms with E-state index in [1.165, 1.54) is 12.8 Å². The Kier molecular flexibility index (Phi) is 3.46. The van der Waals surface area contributed by atoms with Crippen LogP contribution >= 0.6 is 0 Å². The fraction of sp³-hybridized carbons (Fsp3) is 0.429.